The van der Waals surface area contributed by atoms with Crippen molar-refractivity contribution in [2.75, 3.05) is 0 Å². The molecule has 0 amide bonds. The van der Waals surface area contributed by atoms with E-state index in [1.807, 2.05) is 0 Å². The maximum absolute atomic E-state index is 12.2. The highest BCUT2D eigenvalue weighted by molar-refractivity contribution is 9.08. The summed E-state index contributed by atoms with van der Waals surface area (Å²) >= 11 is 3.16. The zero-order valence-electron chi connectivity index (χ0n) is 5.05. The maximum Gasteiger partial charge on any atom is 0.213 e. The predicted molar refractivity (Wildman–Crippen MR) is 44.1 cm³/mol. The average molecular weight is 226 g/mol. The van der Waals surface area contributed by atoms with Crippen LogP contribution in [0.15, 0.2) is 18.2 Å². The molecule has 0 fully saturated rings. The van der Waals surface area contributed by atoms with Gasteiger partial charge in [-0.3, -0.25) is 0 Å². The summed E-state index contributed by atoms with van der Waals surface area (Å²) in [5.74, 6) is -0.424. The molecule has 1 rings (SSSR count). The molecule has 0 spiro atoms. The Morgan fingerprint density at radius 1 is 1.50 bits per heavy atom. The Hall–Kier alpha value is -0.150. The molecule has 10 heavy (non-hydrogen) atoms. The van der Waals surface area contributed by atoms with Crippen LogP contribution in [0.5, 0.6) is 0 Å². The molecule has 4 heteroatoms. The number of rotatable bonds is 1. The quantitative estimate of drug-likeness (QED) is 0.530. The lowest BCUT2D eigenvalue weighted by Gasteiger charge is -1.90. The number of nitrogens with zero attached hydrogens (tertiary/aromatic N) is 1. The summed E-state index contributed by atoms with van der Waals surface area (Å²) < 4.78 is 12.2. The van der Waals surface area contributed by atoms with Gasteiger partial charge in [0.15, 0.2) is 0 Å². The van der Waals surface area contributed by atoms with E-state index in [0.717, 1.165) is 5.69 Å². The van der Waals surface area contributed by atoms with Gasteiger partial charge >= 0.3 is 0 Å². The summed E-state index contributed by atoms with van der Waals surface area (Å²) in [7, 11) is 0. The van der Waals surface area contributed by atoms with Crippen molar-refractivity contribution in [3.8, 4) is 0 Å². The van der Waals surface area contributed by atoms with Gasteiger partial charge in [-0.05, 0) is 12.1 Å². The Balaban J connectivity index is 0.000000810. The van der Waals surface area contributed by atoms with Gasteiger partial charge in [0, 0.05) is 5.33 Å². The standard InChI is InChI=1S/C6H5BrFN.ClH/c7-4-5-2-1-3-6(8)9-5;/h1-3H,4H2;1H. The lowest BCUT2D eigenvalue weighted by molar-refractivity contribution is 0.580. The van der Waals surface area contributed by atoms with E-state index in [4.69, 9.17) is 0 Å². The fraction of sp³-hybridized carbons (Fsp3) is 0.167. The third-order valence-electron chi connectivity index (χ3n) is 0.910. The molecule has 56 valence electrons. The number of halogens is 3. The molecule has 0 unspecified atom stereocenters. The molecule has 0 aliphatic heterocycles. The third-order valence-corrected chi connectivity index (χ3v) is 1.48. The predicted octanol–water partition coefficient (Wildman–Crippen LogP) is 2.54. The van der Waals surface area contributed by atoms with Crippen LogP contribution >= 0.6 is 28.3 Å². The molecule has 1 aromatic rings. The van der Waals surface area contributed by atoms with Crippen LogP contribution in [0.2, 0.25) is 0 Å². The highest BCUT2D eigenvalue weighted by atomic mass is 79.9. The van der Waals surface area contributed by atoms with Crippen LogP contribution in [0.1, 0.15) is 5.69 Å². The molecule has 0 aliphatic rings. The van der Waals surface area contributed by atoms with Crippen LogP contribution in [-0.2, 0) is 5.33 Å². The highest BCUT2D eigenvalue weighted by Gasteiger charge is 1.91. The fourth-order valence-electron chi connectivity index (χ4n) is 0.525. The molecule has 0 aromatic carbocycles. The smallest absolute Gasteiger partial charge is 0.213 e. The second-order valence-corrected chi connectivity index (χ2v) is 2.15. The van der Waals surface area contributed by atoms with E-state index >= 15 is 0 Å². The van der Waals surface area contributed by atoms with E-state index in [2.05, 4.69) is 20.9 Å². The molecule has 0 radical (unpaired) electrons. The van der Waals surface area contributed by atoms with Gasteiger partial charge < -0.3 is 0 Å². The number of hydrogen-bond donors (Lipinski definition) is 0. The summed E-state index contributed by atoms with van der Waals surface area (Å²) in [6.45, 7) is 0. The molecule has 1 nitrogen and oxygen atoms in total. The molecule has 0 bridgehead atoms. The normalized spacial score (nSPS) is 8.60. The summed E-state index contributed by atoms with van der Waals surface area (Å²) in [6.07, 6.45) is 0. The molecule has 0 saturated carbocycles. The number of alkyl halides is 1. The van der Waals surface area contributed by atoms with E-state index < -0.39 is 5.95 Å². The zero-order valence-corrected chi connectivity index (χ0v) is 7.45. The van der Waals surface area contributed by atoms with Crippen LogP contribution in [0.3, 0.4) is 0 Å². The van der Waals surface area contributed by atoms with Gasteiger partial charge in [0.2, 0.25) is 5.95 Å². The van der Waals surface area contributed by atoms with Crippen LogP contribution in [0.25, 0.3) is 0 Å². The van der Waals surface area contributed by atoms with Crippen molar-refractivity contribution in [2.24, 2.45) is 0 Å². The summed E-state index contributed by atoms with van der Waals surface area (Å²) in [6, 6.07) is 4.73. The van der Waals surface area contributed by atoms with Gasteiger partial charge in [0.05, 0.1) is 5.69 Å². The lowest BCUT2D eigenvalue weighted by Crippen LogP contribution is -1.86. The van der Waals surface area contributed by atoms with Gasteiger partial charge in [-0.1, -0.05) is 22.0 Å². The first kappa shape index (κ1) is 9.85. The zero-order chi connectivity index (χ0) is 6.69. The number of pyridine rings is 1. The average Bonchev–Trinajstić information content (AvgIpc) is 1.88. The van der Waals surface area contributed by atoms with Gasteiger partial charge in [-0.25, -0.2) is 4.98 Å². The van der Waals surface area contributed by atoms with E-state index in [9.17, 15) is 4.39 Å². The molecular formula is C6H6BrClFN. The molecule has 0 N–H and O–H groups in total. The van der Waals surface area contributed by atoms with E-state index in [1.54, 1.807) is 12.1 Å². The van der Waals surface area contributed by atoms with Crippen molar-refractivity contribution in [1.29, 1.82) is 0 Å². The first-order chi connectivity index (χ1) is 4.33. The minimum absolute atomic E-state index is 0. The summed E-state index contributed by atoms with van der Waals surface area (Å²) in [4.78, 5) is 3.58. The monoisotopic (exact) mass is 225 g/mol. The van der Waals surface area contributed by atoms with Crippen LogP contribution in [-0.4, -0.2) is 4.98 Å². The molecule has 1 heterocycles. The Bertz CT molecular complexity index is 207. The lowest BCUT2D eigenvalue weighted by atomic mass is 10.4. The SMILES string of the molecule is Cl.Fc1cccc(CBr)n1. The van der Waals surface area contributed by atoms with E-state index in [0.29, 0.717) is 5.33 Å². The molecule has 0 saturated heterocycles. The van der Waals surface area contributed by atoms with Crippen molar-refractivity contribution < 1.29 is 4.39 Å². The van der Waals surface area contributed by atoms with E-state index in [-0.39, 0.29) is 12.4 Å². The van der Waals surface area contributed by atoms with Crippen LogP contribution in [0.4, 0.5) is 4.39 Å². The largest absolute Gasteiger partial charge is 0.224 e. The first-order valence-corrected chi connectivity index (χ1v) is 3.62. The molecule has 0 aliphatic carbocycles. The summed E-state index contributed by atoms with van der Waals surface area (Å²) in [5.41, 5.74) is 0.718. The van der Waals surface area contributed by atoms with Gasteiger partial charge in [-0.2, -0.15) is 4.39 Å². The second-order valence-electron chi connectivity index (χ2n) is 1.59. The van der Waals surface area contributed by atoms with Crippen molar-refractivity contribution in [3.05, 3.63) is 29.8 Å². The minimum Gasteiger partial charge on any atom is -0.224 e. The van der Waals surface area contributed by atoms with Crippen molar-refractivity contribution in [1.82, 2.24) is 4.98 Å². The van der Waals surface area contributed by atoms with Gasteiger partial charge in [0.1, 0.15) is 0 Å². The van der Waals surface area contributed by atoms with Crippen molar-refractivity contribution >= 4 is 28.3 Å². The number of aromatic nitrogens is 1. The minimum atomic E-state index is -0.424. The van der Waals surface area contributed by atoms with Gasteiger partial charge in [-0.15, -0.1) is 12.4 Å². The van der Waals surface area contributed by atoms with Gasteiger partial charge in [0.25, 0.3) is 0 Å². The Morgan fingerprint density at radius 2 is 2.20 bits per heavy atom. The maximum atomic E-state index is 12.2. The Morgan fingerprint density at radius 3 is 2.60 bits per heavy atom. The van der Waals surface area contributed by atoms with Crippen molar-refractivity contribution in [2.45, 2.75) is 5.33 Å². The van der Waals surface area contributed by atoms with Crippen LogP contribution in [0, 0.1) is 5.95 Å². The molecular weight excluding hydrogens is 220 g/mol. The molecule has 0 atom stereocenters. The van der Waals surface area contributed by atoms with Crippen molar-refractivity contribution in [3.63, 3.8) is 0 Å². The first-order valence-electron chi connectivity index (χ1n) is 2.50. The fourth-order valence-corrected chi connectivity index (χ4v) is 0.837. The third kappa shape index (κ3) is 2.62. The van der Waals surface area contributed by atoms with Crippen LogP contribution < -0.4 is 0 Å². The summed E-state index contributed by atoms with van der Waals surface area (Å²) in [5, 5.41) is 0.602. The topological polar surface area (TPSA) is 12.9 Å². The highest BCUT2D eigenvalue weighted by Crippen LogP contribution is 2.01. The second kappa shape index (κ2) is 4.63. The molecule has 1 aromatic heterocycles. The number of hydrogen-bond acceptors (Lipinski definition) is 1. The Kier molecular flexibility index (Phi) is 4.56. The Labute approximate surface area is 73.2 Å². The van der Waals surface area contributed by atoms with E-state index in [1.165, 1.54) is 6.07 Å².